The second kappa shape index (κ2) is 11.8. The van der Waals surface area contributed by atoms with E-state index in [1.807, 2.05) is 67.1 Å². The first-order chi connectivity index (χ1) is 19.4. The fraction of sp³-hybridized carbons (Fsp3) is 0.300. The van der Waals surface area contributed by atoms with Crippen LogP contribution in [0.1, 0.15) is 41.4 Å². The first-order valence-corrected chi connectivity index (χ1v) is 14.1. The Morgan fingerprint density at radius 3 is 2.45 bits per heavy atom. The number of hydrogen-bond acceptors (Lipinski definition) is 7. The third-order valence-corrected chi connectivity index (χ3v) is 8.14. The van der Waals surface area contributed by atoms with E-state index in [-0.39, 0.29) is 6.61 Å². The van der Waals surface area contributed by atoms with E-state index in [2.05, 4.69) is 20.5 Å². The van der Waals surface area contributed by atoms with E-state index in [4.69, 9.17) is 9.47 Å². The highest BCUT2D eigenvalue weighted by Crippen LogP contribution is 2.42. The molecule has 9 nitrogen and oxygen atoms in total. The zero-order valence-corrected chi connectivity index (χ0v) is 23.9. The maximum absolute atomic E-state index is 13.0. The molecule has 0 aliphatic carbocycles. The van der Waals surface area contributed by atoms with Gasteiger partial charge in [0.2, 0.25) is 0 Å². The van der Waals surface area contributed by atoms with Crippen LogP contribution in [0.3, 0.4) is 0 Å². The van der Waals surface area contributed by atoms with Gasteiger partial charge in [0, 0.05) is 35.5 Å². The Labute approximate surface area is 237 Å². The summed E-state index contributed by atoms with van der Waals surface area (Å²) >= 11 is 1.32. The second-order valence-electron chi connectivity index (χ2n) is 9.61. The van der Waals surface area contributed by atoms with E-state index >= 15 is 0 Å². The number of methoxy groups -OCH3 is 1. The molecule has 2 aromatic carbocycles. The molecule has 5 rings (SSSR count). The van der Waals surface area contributed by atoms with Crippen molar-refractivity contribution in [1.82, 2.24) is 9.55 Å². The molecule has 1 fully saturated rings. The summed E-state index contributed by atoms with van der Waals surface area (Å²) in [5, 5.41) is 6.18. The van der Waals surface area contributed by atoms with Crippen molar-refractivity contribution in [3.8, 4) is 21.9 Å². The zero-order chi connectivity index (χ0) is 28.2. The van der Waals surface area contributed by atoms with Crippen LogP contribution in [0.2, 0.25) is 0 Å². The summed E-state index contributed by atoms with van der Waals surface area (Å²) < 4.78 is 12.9. The monoisotopic (exact) mass is 559 g/mol. The number of hydrogen-bond donors (Lipinski definition) is 2. The molecule has 2 N–H and O–H groups in total. The summed E-state index contributed by atoms with van der Waals surface area (Å²) in [7, 11) is 1.62. The molecular weight excluding hydrogens is 526 g/mol. The molecule has 1 aliphatic heterocycles. The number of esters is 1. The van der Waals surface area contributed by atoms with Gasteiger partial charge in [-0.2, -0.15) is 0 Å². The van der Waals surface area contributed by atoms with E-state index in [1.54, 1.807) is 20.4 Å². The van der Waals surface area contributed by atoms with Crippen molar-refractivity contribution in [2.45, 2.75) is 33.6 Å². The van der Waals surface area contributed by atoms with Crippen molar-refractivity contribution in [2.24, 2.45) is 0 Å². The molecule has 0 saturated carbocycles. The van der Waals surface area contributed by atoms with Crippen LogP contribution >= 0.6 is 11.3 Å². The first-order valence-electron chi connectivity index (χ1n) is 13.3. The summed E-state index contributed by atoms with van der Waals surface area (Å²) in [5.74, 6) is 0.176. The lowest BCUT2D eigenvalue weighted by Gasteiger charge is -2.17. The van der Waals surface area contributed by atoms with Gasteiger partial charge in [-0.3, -0.25) is 5.32 Å². The normalized spacial score (nSPS) is 12.8. The summed E-state index contributed by atoms with van der Waals surface area (Å²) in [6.07, 6.45) is 6.07. The summed E-state index contributed by atoms with van der Waals surface area (Å²) in [6.45, 7) is 7.89. The van der Waals surface area contributed by atoms with Gasteiger partial charge in [-0.05, 0) is 81.1 Å². The van der Waals surface area contributed by atoms with Crippen LogP contribution in [0.5, 0.6) is 5.75 Å². The number of urea groups is 1. The molecule has 10 heteroatoms. The van der Waals surface area contributed by atoms with Crippen LogP contribution in [-0.4, -0.2) is 48.4 Å². The smallest absolute Gasteiger partial charge is 0.341 e. The van der Waals surface area contributed by atoms with E-state index in [0.717, 1.165) is 46.2 Å². The maximum Gasteiger partial charge on any atom is 0.341 e. The molecule has 1 saturated heterocycles. The minimum Gasteiger partial charge on any atom is -0.495 e. The van der Waals surface area contributed by atoms with Crippen LogP contribution in [-0.2, 0) is 4.74 Å². The van der Waals surface area contributed by atoms with E-state index in [1.165, 1.54) is 24.2 Å². The van der Waals surface area contributed by atoms with Gasteiger partial charge in [0.1, 0.15) is 10.8 Å². The molecule has 0 atom stereocenters. The average Bonchev–Trinajstić information content (AvgIpc) is 3.70. The van der Waals surface area contributed by atoms with Crippen LogP contribution in [0.4, 0.5) is 21.2 Å². The number of thiophene rings is 1. The topological polar surface area (TPSA) is 97.7 Å². The van der Waals surface area contributed by atoms with Gasteiger partial charge in [-0.15, -0.1) is 11.3 Å². The molecule has 0 bridgehead atoms. The number of nitrogens with one attached hydrogen (secondary N) is 2. The quantitative estimate of drug-likeness (QED) is 0.235. The first kappa shape index (κ1) is 27.3. The average molecular weight is 560 g/mol. The lowest BCUT2D eigenvalue weighted by atomic mass is 10.1. The lowest BCUT2D eigenvalue weighted by Crippen LogP contribution is -2.21. The second-order valence-corrected chi connectivity index (χ2v) is 10.6. The van der Waals surface area contributed by atoms with Crippen molar-refractivity contribution in [1.29, 1.82) is 0 Å². The van der Waals surface area contributed by atoms with E-state index in [9.17, 15) is 9.59 Å². The Morgan fingerprint density at radius 2 is 1.80 bits per heavy atom. The summed E-state index contributed by atoms with van der Waals surface area (Å²) in [6, 6.07) is 13.2. The predicted octanol–water partition coefficient (Wildman–Crippen LogP) is 6.65. The fourth-order valence-corrected chi connectivity index (χ4v) is 6.09. The number of ether oxygens (including phenoxy) is 2. The Bertz CT molecular complexity index is 1520. The molecule has 0 unspecified atom stereocenters. The van der Waals surface area contributed by atoms with E-state index in [0.29, 0.717) is 22.0 Å². The van der Waals surface area contributed by atoms with E-state index < -0.39 is 12.0 Å². The molecule has 4 aromatic rings. The Hall–Kier alpha value is -4.31. The largest absolute Gasteiger partial charge is 0.495 e. The molecule has 1 aliphatic rings. The van der Waals surface area contributed by atoms with Crippen LogP contribution in [0, 0.1) is 13.8 Å². The standard InChI is InChI=1S/C30H33N5O4S/c1-5-39-29(36)26-20(3)27(21-8-13-24(25(16-21)38-4)35-17-19(2)31-18-35)40-28(26)33-30(37)32-22-9-11-23(12-10-22)34-14-6-7-15-34/h8-13,16-18H,5-7,14-15H2,1-4H3,(H2,32,33,37). The molecule has 2 aromatic heterocycles. The highest BCUT2D eigenvalue weighted by atomic mass is 32.1. The molecule has 3 heterocycles. The third kappa shape index (κ3) is 5.67. The summed E-state index contributed by atoms with van der Waals surface area (Å²) in [4.78, 5) is 33.5. The van der Waals surface area contributed by atoms with Gasteiger partial charge in [-0.25, -0.2) is 14.6 Å². The number of nitrogens with zero attached hydrogens (tertiary/aromatic N) is 3. The number of benzene rings is 2. The Morgan fingerprint density at radius 1 is 1.05 bits per heavy atom. The number of rotatable bonds is 8. The van der Waals surface area contributed by atoms with Crippen LogP contribution in [0.15, 0.2) is 55.0 Å². The number of aryl methyl sites for hydroxylation is 1. The molecule has 0 radical (unpaired) electrons. The summed E-state index contributed by atoms with van der Waals surface area (Å²) in [5.41, 5.74) is 5.49. The zero-order valence-electron chi connectivity index (χ0n) is 23.1. The van der Waals surface area contributed by atoms with Gasteiger partial charge >= 0.3 is 12.0 Å². The fourth-order valence-electron chi connectivity index (χ4n) is 4.91. The highest BCUT2D eigenvalue weighted by molar-refractivity contribution is 7.20. The number of imidazole rings is 1. The number of amides is 2. The molecule has 2 amide bonds. The molecule has 0 spiro atoms. The third-order valence-electron chi connectivity index (χ3n) is 6.88. The molecule has 40 heavy (non-hydrogen) atoms. The highest BCUT2D eigenvalue weighted by Gasteiger charge is 2.25. The number of carbonyl (C=O) groups excluding carboxylic acids is 2. The van der Waals surface area contributed by atoms with Crippen molar-refractivity contribution in [3.05, 3.63) is 71.8 Å². The van der Waals surface area contributed by atoms with Gasteiger partial charge in [0.05, 0.1) is 37.0 Å². The number of anilines is 3. The number of carbonyl (C=O) groups is 2. The van der Waals surface area contributed by atoms with Gasteiger partial charge in [0.15, 0.2) is 0 Å². The Balaban J connectivity index is 1.41. The number of aromatic nitrogens is 2. The predicted molar refractivity (Wildman–Crippen MR) is 159 cm³/mol. The SMILES string of the molecule is CCOC(=O)c1c(NC(=O)Nc2ccc(N3CCCC3)cc2)sc(-c2ccc(-n3cnc(C)c3)c(OC)c2)c1C. The lowest BCUT2D eigenvalue weighted by molar-refractivity contribution is 0.0527. The Kier molecular flexibility index (Phi) is 8.06. The van der Waals surface area contributed by atoms with Gasteiger partial charge < -0.3 is 24.3 Å². The van der Waals surface area contributed by atoms with Gasteiger partial charge in [0.25, 0.3) is 0 Å². The van der Waals surface area contributed by atoms with Crippen LogP contribution < -0.4 is 20.3 Å². The van der Waals surface area contributed by atoms with Crippen LogP contribution in [0.25, 0.3) is 16.1 Å². The van der Waals surface area contributed by atoms with Gasteiger partial charge in [-0.1, -0.05) is 6.07 Å². The molecule has 208 valence electrons. The molecular formula is C30H33N5O4S. The minimum absolute atomic E-state index is 0.227. The van der Waals surface area contributed by atoms with Crippen molar-refractivity contribution < 1.29 is 19.1 Å². The minimum atomic E-state index is -0.481. The van der Waals surface area contributed by atoms with Crippen molar-refractivity contribution in [3.63, 3.8) is 0 Å². The van der Waals surface area contributed by atoms with Crippen molar-refractivity contribution in [2.75, 3.05) is 42.3 Å². The van der Waals surface area contributed by atoms with Crippen molar-refractivity contribution >= 4 is 39.7 Å². The maximum atomic E-state index is 13.0.